The number of aliphatic hydroxyl groups excluding tert-OH is 1. The minimum Gasteiger partial charge on any atom is -0.396 e. The molecule has 1 aliphatic carbocycles. The van der Waals surface area contributed by atoms with E-state index in [0.717, 1.165) is 25.7 Å². The van der Waals surface area contributed by atoms with Gasteiger partial charge in [0.25, 0.3) is 5.91 Å². The summed E-state index contributed by atoms with van der Waals surface area (Å²) in [7, 11) is 0. The van der Waals surface area contributed by atoms with Gasteiger partial charge in [-0.15, -0.1) is 0 Å². The number of rotatable bonds is 8. The monoisotopic (exact) mass is 279 g/mol. The van der Waals surface area contributed by atoms with Gasteiger partial charge in [-0.25, -0.2) is 4.98 Å². The van der Waals surface area contributed by atoms with Crippen LogP contribution in [0.15, 0.2) is 6.20 Å². The lowest BCUT2D eigenvalue weighted by Crippen LogP contribution is -2.29. The van der Waals surface area contributed by atoms with Gasteiger partial charge in [0.15, 0.2) is 0 Å². The largest absolute Gasteiger partial charge is 0.396 e. The van der Waals surface area contributed by atoms with Gasteiger partial charge in [-0.05, 0) is 32.1 Å². The SMILES string of the molecule is NC(=O)c1cnc(NCCCCO)nc1NC1CCC1. The van der Waals surface area contributed by atoms with Gasteiger partial charge < -0.3 is 21.5 Å². The number of nitrogens with one attached hydrogen (secondary N) is 2. The van der Waals surface area contributed by atoms with Crippen LogP contribution in [0.5, 0.6) is 0 Å². The molecule has 5 N–H and O–H groups in total. The van der Waals surface area contributed by atoms with Gasteiger partial charge in [0, 0.05) is 25.4 Å². The van der Waals surface area contributed by atoms with Crippen molar-refractivity contribution in [2.45, 2.75) is 38.1 Å². The number of amides is 1. The van der Waals surface area contributed by atoms with E-state index in [1.807, 2.05) is 0 Å². The van der Waals surface area contributed by atoms with E-state index in [1.54, 1.807) is 0 Å². The molecule has 0 spiro atoms. The van der Waals surface area contributed by atoms with E-state index in [9.17, 15) is 4.79 Å². The van der Waals surface area contributed by atoms with Gasteiger partial charge in [0.05, 0.1) is 5.56 Å². The maximum absolute atomic E-state index is 11.4. The molecule has 7 nitrogen and oxygen atoms in total. The fourth-order valence-electron chi connectivity index (χ4n) is 1.94. The van der Waals surface area contributed by atoms with Crippen molar-refractivity contribution in [3.05, 3.63) is 11.8 Å². The molecule has 2 rings (SSSR count). The van der Waals surface area contributed by atoms with E-state index in [2.05, 4.69) is 20.6 Å². The molecule has 0 aliphatic heterocycles. The Morgan fingerprint density at radius 3 is 2.85 bits per heavy atom. The summed E-state index contributed by atoms with van der Waals surface area (Å²) in [6.07, 6.45) is 6.39. The van der Waals surface area contributed by atoms with Crippen LogP contribution in [-0.4, -0.2) is 40.2 Å². The molecule has 110 valence electrons. The van der Waals surface area contributed by atoms with E-state index in [4.69, 9.17) is 10.8 Å². The maximum atomic E-state index is 11.4. The normalized spacial score (nSPS) is 14.7. The van der Waals surface area contributed by atoms with Crippen LogP contribution in [0.2, 0.25) is 0 Å². The summed E-state index contributed by atoms with van der Waals surface area (Å²) in [5.41, 5.74) is 5.65. The number of carbonyl (C=O) groups is 1. The van der Waals surface area contributed by atoms with E-state index in [1.165, 1.54) is 12.6 Å². The van der Waals surface area contributed by atoms with Crippen LogP contribution in [0.4, 0.5) is 11.8 Å². The van der Waals surface area contributed by atoms with Crippen molar-refractivity contribution in [1.29, 1.82) is 0 Å². The number of anilines is 2. The molecule has 0 unspecified atom stereocenters. The summed E-state index contributed by atoms with van der Waals surface area (Å²) < 4.78 is 0. The number of aromatic nitrogens is 2. The third-order valence-electron chi connectivity index (χ3n) is 3.37. The predicted octanol–water partition coefficient (Wildman–Crippen LogP) is 0.724. The Bertz CT molecular complexity index is 462. The highest BCUT2D eigenvalue weighted by Crippen LogP contribution is 2.24. The maximum Gasteiger partial charge on any atom is 0.254 e. The van der Waals surface area contributed by atoms with Crippen molar-refractivity contribution in [2.24, 2.45) is 5.73 Å². The van der Waals surface area contributed by atoms with Crippen molar-refractivity contribution >= 4 is 17.7 Å². The fourth-order valence-corrected chi connectivity index (χ4v) is 1.94. The second-order valence-corrected chi connectivity index (χ2v) is 4.95. The Morgan fingerprint density at radius 2 is 2.25 bits per heavy atom. The number of nitrogens with zero attached hydrogens (tertiary/aromatic N) is 2. The summed E-state index contributed by atoms with van der Waals surface area (Å²) in [6.45, 7) is 0.858. The average Bonchev–Trinajstić information content (AvgIpc) is 2.39. The Labute approximate surface area is 118 Å². The van der Waals surface area contributed by atoms with E-state index >= 15 is 0 Å². The lowest BCUT2D eigenvalue weighted by atomic mass is 9.93. The van der Waals surface area contributed by atoms with E-state index < -0.39 is 5.91 Å². The molecule has 0 bridgehead atoms. The Morgan fingerprint density at radius 1 is 1.45 bits per heavy atom. The molecule has 1 heterocycles. The molecule has 7 heteroatoms. The molecule has 1 aromatic heterocycles. The lowest BCUT2D eigenvalue weighted by molar-refractivity contribution is 0.100. The van der Waals surface area contributed by atoms with Crippen LogP contribution < -0.4 is 16.4 Å². The third-order valence-corrected chi connectivity index (χ3v) is 3.37. The highest BCUT2D eigenvalue weighted by molar-refractivity contribution is 5.97. The van der Waals surface area contributed by atoms with Crippen LogP contribution in [-0.2, 0) is 0 Å². The van der Waals surface area contributed by atoms with Crippen LogP contribution in [0.1, 0.15) is 42.5 Å². The first-order valence-corrected chi connectivity index (χ1v) is 6.99. The Balaban J connectivity index is 2.02. The standard InChI is InChI=1S/C13H21N5O2/c14-11(20)10-8-16-13(15-6-1-2-7-19)18-12(10)17-9-4-3-5-9/h8-9,19H,1-7H2,(H2,14,20)(H2,15,16,17,18). The lowest BCUT2D eigenvalue weighted by Gasteiger charge is -2.27. The van der Waals surface area contributed by atoms with Crippen LogP contribution in [0.25, 0.3) is 0 Å². The highest BCUT2D eigenvalue weighted by atomic mass is 16.2. The molecular weight excluding hydrogens is 258 g/mol. The van der Waals surface area contributed by atoms with Crippen molar-refractivity contribution in [2.75, 3.05) is 23.8 Å². The summed E-state index contributed by atoms with van der Waals surface area (Å²) in [6, 6.07) is 0.366. The first-order chi connectivity index (χ1) is 9.70. The zero-order valence-corrected chi connectivity index (χ0v) is 11.4. The van der Waals surface area contributed by atoms with Crippen molar-refractivity contribution in [3.63, 3.8) is 0 Å². The number of hydrogen-bond donors (Lipinski definition) is 4. The van der Waals surface area contributed by atoms with E-state index in [0.29, 0.717) is 29.9 Å². The molecule has 0 aromatic carbocycles. The average molecular weight is 279 g/mol. The molecule has 20 heavy (non-hydrogen) atoms. The molecule has 1 amide bonds. The molecule has 0 atom stereocenters. The van der Waals surface area contributed by atoms with Gasteiger partial charge >= 0.3 is 0 Å². The minimum absolute atomic E-state index is 0.178. The number of hydrogen-bond acceptors (Lipinski definition) is 6. The van der Waals surface area contributed by atoms with Crippen molar-refractivity contribution in [1.82, 2.24) is 9.97 Å². The first-order valence-electron chi connectivity index (χ1n) is 6.99. The van der Waals surface area contributed by atoms with Gasteiger partial charge in [-0.1, -0.05) is 0 Å². The molecule has 0 saturated heterocycles. The Hall–Kier alpha value is -1.89. The van der Waals surface area contributed by atoms with Gasteiger partial charge in [0.1, 0.15) is 5.82 Å². The smallest absolute Gasteiger partial charge is 0.254 e. The third kappa shape index (κ3) is 3.80. The molecule has 1 saturated carbocycles. The topological polar surface area (TPSA) is 113 Å². The molecule has 1 fully saturated rings. The number of unbranched alkanes of at least 4 members (excludes halogenated alkanes) is 1. The Kier molecular flexibility index (Phi) is 5.11. The quantitative estimate of drug-likeness (QED) is 0.522. The summed E-state index contributed by atoms with van der Waals surface area (Å²) >= 11 is 0. The van der Waals surface area contributed by atoms with Gasteiger partial charge in [-0.2, -0.15) is 4.98 Å². The van der Waals surface area contributed by atoms with E-state index in [-0.39, 0.29) is 6.61 Å². The zero-order chi connectivity index (χ0) is 14.4. The number of primary amides is 1. The summed E-state index contributed by atoms with van der Waals surface area (Å²) in [4.78, 5) is 19.8. The highest BCUT2D eigenvalue weighted by Gasteiger charge is 2.20. The first kappa shape index (κ1) is 14.5. The van der Waals surface area contributed by atoms with Crippen LogP contribution in [0, 0.1) is 0 Å². The van der Waals surface area contributed by atoms with Crippen LogP contribution in [0.3, 0.4) is 0 Å². The van der Waals surface area contributed by atoms with Gasteiger partial charge in [-0.3, -0.25) is 4.79 Å². The van der Waals surface area contributed by atoms with Crippen LogP contribution >= 0.6 is 0 Å². The predicted molar refractivity (Wildman–Crippen MR) is 76.6 cm³/mol. The second kappa shape index (κ2) is 7.04. The van der Waals surface area contributed by atoms with Gasteiger partial charge in [0.2, 0.25) is 5.95 Å². The molecule has 1 aliphatic rings. The number of nitrogens with two attached hydrogens (primary N) is 1. The van der Waals surface area contributed by atoms with Crippen molar-refractivity contribution in [3.8, 4) is 0 Å². The molecular formula is C13H21N5O2. The fraction of sp³-hybridized carbons (Fsp3) is 0.615. The number of carbonyl (C=O) groups excluding carboxylic acids is 1. The minimum atomic E-state index is -0.529. The zero-order valence-electron chi connectivity index (χ0n) is 11.4. The van der Waals surface area contributed by atoms with Crippen molar-refractivity contribution < 1.29 is 9.90 Å². The summed E-state index contributed by atoms with van der Waals surface area (Å²) in [5, 5.41) is 15.0. The number of aliphatic hydroxyl groups is 1. The summed E-state index contributed by atoms with van der Waals surface area (Å²) in [5.74, 6) is 0.440. The molecule has 0 radical (unpaired) electrons. The molecule has 1 aromatic rings. The second-order valence-electron chi connectivity index (χ2n) is 4.95.